The number of hydrogen-bond donors (Lipinski definition) is 1. The highest BCUT2D eigenvalue weighted by Crippen LogP contribution is 2.30. The van der Waals surface area contributed by atoms with Crippen molar-refractivity contribution >= 4 is 21.7 Å². The molecule has 0 bridgehead atoms. The normalized spacial score (nSPS) is 19.9. The molecular weight excluding hydrogens is 278 g/mol. The topological polar surface area (TPSA) is 28.2 Å². The second-order valence-corrected chi connectivity index (χ2v) is 5.47. The largest absolute Gasteiger partial charge is 0.351 e. The van der Waals surface area contributed by atoms with E-state index in [0.717, 1.165) is 29.9 Å². The zero-order chi connectivity index (χ0) is 12.3. The molecular formula is C13H20BrN3. The van der Waals surface area contributed by atoms with Crippen LogP contribution >= 0.6 is 15.9 Å². The summed E-state index contributed by atoms with van der Waals surface area (Å²) in [6.07, 6.45) is 4.47. The van der Waals surface area contributed by atoms with Gasteiger partial charge in [-0.1, -0.05) is 6.92 Å². The van der Waals surface area contributed by atoms with E-state index < -0.39 is 0 Å². The minimum Gasteiger partial charge on any atom is -0.351 e. The van der Waals surface area contributed by atoms with Crippen molar-refractivity contribution in [3.8, 4) is 0 Å². The fourth-order valence-electron chi connectivity index (χ4n) is 2.38. The minimum atomic E-state index is 0.585. The van der Waals surface area contributed by atoms with Crippen LogP contribution in [0, 0.1) is 6.92 Å². The molecule has 94 valence electrons. The van der Waals surface area contributed by atoms with Gasteiger partial charge in [0.1, 0.15) is 5.82 Å². The van der Waals surface area contributed by atoms with E-state index in [1.54, 1.807) is 0 Å². The van der Waals surface area contributed by atoms with Crippen LogP contribution in [0.2, 0.25) is 0 Å². The number of halogens is 1. The monoisotopic (exact) mass is 297 g/mol. The molecule has 17 heavy (non-hydrogen) atoms. The van der Waals surface area contributed by atoms with Gasteiger partial charge in [-0.05, 0) is 53.9 Å². The van der Waals surface area contributed by atoms with Gasteiger partial charge in [0.2, 0.25) is 0 Å². The summed E-state index contributed by atoms with van der Waals surface area (Å²) in [6, 6.07) is 2.73. The lowest BCUT2D eigenvalue weighted by Crippen LogP contribution is -2.38. The molecule has 1 unspecified atom stereocenters. The Bertz CT molecular complexity index is 381. The van der Waals surface area contributed by atoms with Gasteiger partial charge < -0.3 is 10.2 Å². The first-order chi connectivity index (χ1) is 8.22. The minimum absolute atomic E-state index is 0.585. The number of hydrogen-bond acceptors (Lipinski definition) is 3. The summed E-state index contributed by atoms with van der Waals surface area (Å²) in [5.41, 5.74) is 1.20. The Kier molecular flexibility index (Phi) is 4.40. The molecule has 1 aliphatic rings. The van der Waals surface area contributed by atoms with Gasteiger partial charge in [-0.15, -0.1) is 0 Å². The van der Waals surface area contributed by atoms with Crippen molar-refractivity contribution < 1.29 is 0 Å². The second kappa shape index (κ2) is 5.83. The standard InChI is InChI=1S/C13H20BrN3/c1-3-15-9-11-5-4-6-17(11)13-12(14)7-10(2)8-16-13/h7-8,11,15H,3-6,9H2,1-2H3. The highest BCUT2D eigenvalue weighted by Gasteiger charge is 2.26. The van der Waals surface area contributed by atoms with Crippen molar-refractivity contribution in [2.45, 2.75) is 32.7 Å². The van der Waals surface area contributed by atoms with Gasteiger partial charge in [0, 0.05) is 25.3 Å². The first-order valence-electron chi connectivity index (χ1n) is 6.32. The van der Waals surface area contributed by atoms with Crippen LogP contribution in [0.3, 0.4) is 0 Å². The van der Waals surface area contributed by atoms with E-state index in [4.69, 9.17) is 0 Å². The molecule has 0 saturated carbocycles. The molecule has 1 aromatic heterocycles. The lowest BCUT2D eigenvalue weighted by Gasteiger charge is -2.27. The molecule has 1 atom stereocenters. The number of pyridine rings is 1. The van der Waals surface area contributed by atoms with E-state index >= 15 is 0 Å². The van der Waals surface area contributed by atoms with Crippen molar-refractivity contribution in [3.63, 3.8) is 0 Å². The van der Waals surface area contributed by atoms with E-state index in [1.165, 1.54) is 18.4 Å². The number of aryl methyl sites for hydroxylation is 1. The fraction of sp³-hybridized carbons (Fsp3) is 0.615. The number of nitrogens with one attached hydrogen (secondary N) is 1. The first kappa shape index (κ1) is 12.8. The smallest absolute Gasteiger partial charge is 0.143 e. The van der Waals surface area contributed by atoms with E-state index in [-0.39, 0.29) is 0 Å². The molecule has 1 saturated heterocycles. The summed E-state index contributed by atoms with van der Waals surface area (Å²) in [6.45, 7) is 7.43. The predicted octanol–water partition coefficient (Wildman–Crippen LogP) is 2.73. The van der Waals surface area contributed by atoms with E-state index in [2.05, 4.69) is 51.0 Å². The Morgan fingerprint density at radius 3 is 3.12 bits per heavy atom. The second-order valence-electron chi connectivity index (χ2n) is 4.62. The average Bonchev–Trinajstić information content (AvgIpc) is 2.74. The Morgan fingerprint density at radius 1 is 1.59 bits per heavy atom. The molecule has 1 aromatic rings. The van der Waals surface area contributed by atoms with Gasteiger partial charge in [-0.3, -0.25) is 0 Å². The van der Waals surface area contributed by atoms with Crippen molar-refractivity contribution in [1.29, 1.82) is 0 Å². The average molecular weight is 298 g/mol. The highest BCUT2D eigenvalue weighted by atomic mass is 79.9. The SMILES string of the molecule is CCNCC1CCCN1c1ncc(C)cc1Br. The molecule has 1 aliphatic heterocycles. The van der Waals surface area contributed by atoms with Gasteiger partial charge in [-0.25, -0.2) is 4.98 Å². The van der Waals surface area contributed by atoms with Crippen LogP contribution < -0.4 is 10.2 Å². The van der Waals surface area contributed by atoms with Gasteiger partial charge in [0.25, 0.3) is 0 Å². The van der Waals surface area contributed by atoms with Crippen LogP contribution in [0.4, 0.5) is 5.82 Å². The Labute approximate surface area is 112 Å². The third kappa shape index (κ3) is 2.99. The lowest BCUT2D eigenvalue weighted by atomic mass is 10.2. The summed E-state index contributed by atoms with van der Waals surface area (Å²) in [5.74, 6) is 1.09. The van der Waals surface area contributed by atoms with Crippen LogP contribution in [0.5, 0.6) is 0 Å². The Morgan fingerprint density at radius 2 is 2.41 bits per heavy atom. The van der Waals surface area contributed by atoms with Crippen LogP contribution in [0.25, 0.3) is 0 Å². The fourth-order valence-corrected chi connectivity index (χ4v) is 3.07. The maximum absolute atomic E-state index is 4.57. The van der Waals surface area contributed by atoms with Gasteiger partial charge in [0.15, 0.2) is 0 Å². The number of nitrogens with zero attached hydrogens (tertiary/aromatic N) is 2. The number of rotatable bonds is 4. The molecule has 2 rings (SSSR count). The van der Waals surface area contributed by atoms with Crippen LogP contribution in [0.1, 0.15) is 25.3 Å². The first-order valence-corrected chi connectivity index (χ1v) is 7.11. The molecule has 1 fully saturated rings. The maximum Gasteiger partial charge on any atom is 0.143 e. The number of likely N-dealkylation sites (N-methyl/N-ethyl adjacent to an activating group) is 1. The van der Waals surface area contributed by atoms with E-state index in [0.29, 0.717) is 6.04 Å². The molecule has 1 N–H and O–H groups in total. The van der Waals surface area contributed by atoms with Gasteiger partial charge in [-0.2, -0.15) is 0 Å². The Hall–Kier alpha value is -0.610. The van der Waals surface area contributed by atoms with E-state index in [1.807, 2.05) is 6.20 Å². The number of anilines is 1. The van der Waals surface area contributed by atoms with E-state index in [9.17, 15) is 0 Å². The maximum atomic E-state index is 4.57. The molecule has 0 radical (unpaired) electrons. The molecule has 0 aliphatic carbocycles. The molecule has 0 spiro atoms. The van der Waals surface area contributed by atoms with Crippen LogP contribution in [0.15, 0.2) is 16.7 Å². The van der Waals surface area contributed by atoms with Crippen LogP contribution in [-0.4, -0.2) is 30.7 Å². The Balaban J connectivity index is 2.14. The predicted molar refractivity (Wildman–Crippen MR) is 75.6 cm³/mol. The van der Waals surface area contributed by atoms with Crippen molar-refractivity contribution in [3.05, 3.63) is 22.3 Å². The zero-order valence-electron chi connectivity index (χ0n) is 10.5. The number of aromatic nitrogens is 1. The van der Waals surface area contributed by atoms with Crippen LogP contribution in [-0.2, 0) is 0 Å². The zero-order valence-corrected chi connectivity index (χ0v) is 12.1. The highest BCUT2D eigenvalue weighted by molar-refractivity contribution is 9.10. The summed E-state index contributed by atoms with van der Waals surface area (Å²) in [5, 5.41) is 3.44. The molecule has 4 heteroatoms. The lowest BCUT2D eigenvalue weighted by molar-refractivity contribution is 0.584. The van der Waals surface area contributed by atoms with Gasteiger partial charge in [0.05, 0.1) is 4.47 Å². The van der Waals surface area contributed by atoms with Crippen molar-refractivity contribution in [2.24, 2.45) is 0 Å². The summed E-state index contributed by atoms with van der Waals surface area (Å²) in [7, 11) is 0. The molecule has 2 heterocycles. The molecule has 0 aromatic carbocycles. The summed E-state index contributed by atoms with van der Waals surface area (Å²) < 4.78 is 1.11. The quantitative estimate of drug-likeness (QED) is 0.926. The van der Waals surface area contributed by atoms with Gasteiger partial charge >= 0.3 is 0 Å². The third-order valence-electron chi connectivity index (χ3n) is 3.24. The third-order valence-corrected chi connectivity index (χ3v) is 3.82. The van der Waals surface area contributed by atoms with Crippen molar-refractivity contribution in [1.82, 2.24) is 10.3 Å². The van der Waals surface area contributed by atoms with Crippen molar-refractivity contribution in [2.75, 3.05) is 24.5 Å². The summed E-state index contributed by atoms with van der Waals surface area (Å²) >= 11 is 3.63. The molecule has 3 nitrogen and oxygen atoms in total. The molecule has 0 amide bonds. The summed E-state index contributed by atoms with van der Waals surface area (Å²) in [4.78, 5) is 6.99.